The summed E-state index contributed by atoms with van der Waals surface area (Å²) < 4.78 is 24.0. The van der Waals surface area contributed by atoms with Crippen molar-refractivity contribution in [3.63, 3.8) is 0 Å². The van der Waals surface area contributed by atoms with Gasteiger partial charge in [-0.1, -0.05) is 34.1 Å². The second kappa shape index (κ2) is 11.3. The highest BCUT2D eigenvalue weighted by atomic mass is 31.2. The van der Waals surface area contributed by atoms with Gasteiger partial charge in [0.2, 0.25) is 0 Å². The average molecular weight is 527 g/mol. The highest BCUT2D eigenvalue weighted by molar-refractivity contribution is 7.53. The lowest BCUT2D eigenvalue weighted by molar-refractivity contribution is -0.203. The van der Waals surface area contributed by atoms with Crippen LogP contribution in [0.15, 0.2) is 0 Å². The monoisotopic (exact) mass is 526 g/mol. The maximum Gasteiger partial charge on any atom is 0.330 e. The minimum absolute atomic E-state index is 0.188. The molecule has 0 aliphatic heterocycles. The van der Waals surface area contributed by atoms with Crippen LogP contribution < -0.4 is 0 Å². The third-order valence-corrected chi connectivity index (χ3v) is 14.1. The minimum Gasteiger partial charge on any atom is -0.393 e. The fourth-order valence-corrected chi connectivity index (χ4v) is 12.0. The van der Waals surface area contributed by atoms with E-state index in [2.05, 4.69) is 27.7 Å². The molecule has 11 atom stereocenters. The van der Waals surface area contributed by atoms with Crippen molar-refractivity contribution in [3.05, 3.63) is 0 Å². The smallest absolute Gasteiger partial charge is 0.330 e. The van der Waals surface area contributed by atoms with E-state index in [-0.39, 0.29) is 23.0 Å². The van der Waals surface area contributed by atoms with Crippen LogP contribution >= 0.6 is 7.60 Å². The third kappa shape index (κ3) is 5.03. The van der Waals surface area contributed by atoms with Gasteiger partial charge in [-0.15, -0.1) is 0 Å². The fourth-order valence-electron chi connectivity index (χ4n) is 10.3. The van der Waals surface area contributed by atoms with Gasteiger partial charge in [-0.25, -0.2) is 0 Å². The van der Waals surface area contributed by atoms with Gasteiger partial charge in [0.25, 0.3) is 0 Å². The summed E-state index contributed by atoms with van der Waals surface area (Å²) in [5.41, 5.74) is 0.537. The Morgan fingerprint density at radius 3 is 2.19 bits per heavy atom. The van der Waals surface area contributed by atoms with Gasteiger partial charge < -0.3 is 19.3 Å². The predicted molar refractivity (Wildman–Crippen MR) is 146 cm³/mol. The number of aliphatic hydroxyl groups excluding tert-OH is 2. The van der Waals surface area contributed by atoms with Gasteiger partial charge in [-0.3, -0.25) is 4.57 Å². The van der Waals surface area contributed by atoms with E-state index in [0.29, 0.717) is 60.8 Å². The first-order chi connectivity index (χ1) is 17.0. The molecule has 0 aromatic rings. The van der Waals surface area contributed by atoms with E-state index in [4.69, 9.17) is 9.05 Å². The lowest BCUT2D eigenvalue weighted by Crippen LogP contribution is -2.62. The number of fused-ring (bicyclic) bond motifs is 5. The van der Waals surface area contributed by atoms with Gasteiger partial charge in [0.05, 0.1) is 31.6 Å². The van der Waals surface area contributed by atoms with E-state index >= 15 is 0 Å². The maximum absolute atomic E-state index is 12.9. The molecule has 6 heteroatoms. The molecule has 4 aliphatic carbocycles. The topological polar surface area (TPSA) is 76.0 Å². The highest BCUT2D eigenvalue weighted by Gasteiger charge is 2.64. The zero-order chi connectivity index (χ0) is 26.3. The van der Waals surface area contributed by atoms with Gasteiger partial charge in [-0.2, -0.15) is 0 Å². The van der Waals surface area contributed by atoms with Crippen molar-refractivity contribution in [2.75, 3.05) is 19.4 Å². The molecule has 4 fully saturated rings. The molecule has 5 nitrogen and oxygen atoms in total. The minimum atomic E-state index is -2.97. The molecule has 2 N–H and O–H groups in total. The van der Waals surface area contributed by atoms with Crippen molar-refractivity contribution in [2.45, 2.75) is 118 Å². The lowest BCUT2D eigenvalue weighted by atomic mass is 9.41. The Morgan fingerprint density at radius 2 is 1.56 bits per heavy atom. The summed E-state index contributed by atoms with van der Waals surface area (Å²) in [5.74, 6) is 3.58. The molecule has 4 saturated carbocycles. The Bertz CT molecular complexity index is 779. The SMILES string of the molecule is CCOP(=O)(CCC[C@@H](C)[C@H]1CC[C@H]2C3[C@H](O)[C@H](CC)C4C[C@H](O)CC[C@@]4(C)[C@H]3CCC12C)OCC. The molecule has 0 bridgehead atoms. The molecular formula is C30H55O5P. The molecule has 0 radical (unpaired) electrons. The molecule has 0 aromatic heterocycles. The van der Waals surface area contributed by atoms with Gasteiger partial charge >= 0.3 is 7.60 Å². The van der Waals surface area contributed by atoms with Crippen LogP contribution in [-0.2, 0) is 13.6 Å². The summed E-state index contributed by atoms with van der Waals surface area (Å²) in [6.45, 7) is 14.3. The van der Waals surface area contributed by atoms with E-state index in [1.165, 1.54) is 25.7 Å². The number of hydrogen-bond donors (Lipinski definition) is 2. The van der Waals surface area contributed by atoms with Crippen LogP contribution in [0.1, 0.15) is 106 Å². The number of hydrogen-bond acceptors (Lipinski definition) is 5. The predicted octanol–water partition coefficient (Wildman–Crippen LogP) is 7.30. The Hall–Kier alpha value is 0.0700. The largest absolute Gasteiger partial charge is 0.393 e. The summed E-state index contributed by atoms with van der Waals surface area (Å²) >= 11 is 0. The van der Waals surface area contributed by atoms with Crippen molar-refractivity contribution < 1.29 is 23.8 Å². The third-order valence-electron chi connectivity index (χ3n) is 11.9. The van der Waals surface area contributed by atoms with E-state index < -0.39 is 7.60 Å². The van der Waals surface area contributed by atoms with E-state index in [0.717, 1.165) is 38.5 Å². The number of aliphatic hydroxyl groups is 2. The molecular weight excluding hydrogens is 471 g/mol. The molecule has 0 spiro atoms. The summed E-state index contributed by atoms with van der Waals surface area (Å²) in [6.07, 6.45) is 10.9. The van der Waals surface area contributed by atoms with Crippen molar-refractivity contribution >= 4 is 7.60 Å². The molecule has 4 rings (SSSR count). The zero-order valence-corrected chi connectivity index (χ0v) is 24.8. The number of rotatable bonds is 10. The Labute approximate surface area is 221 Å². The second-order valence-electron chi connectivity index (χ2n) is 13.4. The van der Waals surface area contributed by atoms with Crippen molar-refractivity contribution in [3.8, 4) is 0 Å². The normalized spacial score (nSPS) is 45.6. The average Bonchev–Trinajstić information content (AvgIpc) is 3.18. The maximum atomic E-state index is 12.9. The molecule has 0 aromatic carbocycles. The van der Waals surface area contributed by atoms with Gasteiger partial charge in [0.1, 0.15) is 0 Å². The molecule has 0 heterocycles. The van der Waals surface area contributed by atoms with Crippen molar-refractivity contribution in [1.29, 1.82) is 0 Å². The second-order valence-corrected chi connectivity index (χ2v) is 15.6. The van der Waals surface area contributed by atoms with Crippen LogP contribution in [0, 0.1) is 52.3 Å². The van der Waals surface area contributed by atoms with Crippen LogP contribution in [0.25, 0.3) is 0 Å². The quantitative estimate of drug-likeness (QED) is 0.292. The zero-order valence-electron chi connectivity index (χ0n) is 24.0. The Kier molecular flexibility index (Phi) is 9.11. The Balaban J connectivity index is 1.48. The first-order valence-corrected chi connectivity index (χ1v) is 17.0. The first-order valence-electron chi connectivity index (χ1n) is 15.3. The van der Waals surface area contributed by atoms with E-state index in [9.17, 15) is 14.8 Å². The lowest BCUT2D eigenvalue weighted by Gasteiger charge is -2.64. The van der Waals surface area contributed by atoms with Crippen molar-refractivity contribution in [2.24, 2.45) is 52.3 Å². The summed E-state index contributed by atoms with van der Waals surface area (Å²) in [7, 11) is -2.97. The summed E-state index contributed by atoms with van der Waals surface area (Å²) in [5, 5.41) is 22.4. The van der Waals surface area contributed by atoms with Gasteiger partial charge in [-0.05, 0) is 124 Å². The summed E-state index contributed by atoms with van der Waals surface area (Å²) in [6, 6.07) is 0. The molecule has 36 heavy (non-hydrogen) atoms. The van der Waals surface area contributed by atoms with Crippen LogP contribution in [-0.4, -0.2) is 41.8 Å². The van der Waals surface area contributed by atoms with Crippen LogP contribution in [0.2, 0.25) is 0 Å². The van der Waals surface area contributed by atoms with Crippen LogP contribution in [0.4, 0.5) is 0 Å². The van der Waals surface area contributed by atoms with Crippen LogP contribution in [0.5, 0.6) is 0 Å². The molecule has 0 amide bonds. The molecule has 4 aliphatic rings. The van der Waals surface area contributed by atoms with Gasteiger partial charge in [0, 0.05) is 0 Å². The van der Waals surface area contributed by atoms with Crippen LogP contribution in [0.3, 0.4) is 0 Å². The first kappa shape index (κ1) is 29.1. The van der Waals surface area contributed by atoms with Crippen molar-refractivity contribution in [1.82, 2.24) is 0 Å². The van der Waals surface area contributed by atoms with Gasteiger partial charge in [0.15, 0.2) is 0 Å². The molecule has 0 saturated heterocycles. The van der Waals surface area contributed by atoms with E-state index in [1.54, 1.807) is 0 Å². The Morgan fingerprint density at radius 1 is 0.917 bits per heavy atom. The fraction of sp³-hybridized carbons (Fsp3) is 1.00. The summed E-state index contributed by atoms with van der Waals surface area (Å²) in [4.78, 5) is 0. The van der Waals surface area contributed by atoms with E-state index in [1.807, 2.05) is 13.8 Å². The standard InChI is InChI=1S/C30H55O5P/c1-7-22-26-19-21(31)14-16-30(26,6)25-15-17-29(5)23(12-13-24(29)27(25)28(22)32)20(4)11-10-18-36(33,34-8-2)35-9-3/h20-28,31-32H,7-19H2,1-6H3/t20-,21-,22-,23-,24+,25+,26?,27?,28-,29?,30+/m1/s1. The highest BCUT2D eigenvalue weighted by Crippen LogP contribution is 2.69. The molecule has 3 unspecified atom stereocenters. The molecule has 210 valence electrons.